The van der Waals surface area contributed by atoms with Gasteiger partial charge in [0.25, 0.3) is 0 Å². The van der Waals surface area contributed by atoms with Gasteiger partial charge in [-0.15, -0.1) is 0 Å². The van der Waals surface area contributed by atoms with E-state index in [4.69, 9.17) is 16.3 Å². The summed E-state index contributed by atoms with van der Waals surface area (Å²) in [5, 5.41) is 3.96. The van der Waals surface area contributed by atoms with Gasteiger partial charge in [-0.25, -0.2) is 4.39 Å². The van der Waals surface area contributed by atoms with E-state index in [2.05, 4.69) is 5.32 Å². The van der Waals surface area contributed by atoms with Crippen LogP contribution in [-0.4, -0.2) is 7.11 Å². The van der Waals surface area contributed by atoms with Crippen molar-refractivity contribution in [3.8, 4) is 5.75 Å². The van der Waals surface area contributed by atoms with Gasteiger partial charge in [-0.3, -0.25) is 0 Å². The molecule has 0 atom stereocenters. The van der Waals surface area contributed by atoms with Crippen molar-refractivity contribution in [1.82, 2.24) is 0 Å². The SMILES string of the molecule is COc1cc(Cl)c(C)cc1NCc1ccc(F)c(C)c1. The minimum Gasteiger partial charge on any atom is -0.495 e. The topological polar surface area (TPSA) is 21.3 Å². The predicted octanol–water partition coefficient (Wildman–Crippen LogP) is 4.72. The van der Waals surface area contributed by atoms with Crippen molar-refractivity contribution in [2.45, 2.75) is 20.4 Å². The lowest BCUT2D eigenvalue weighted by Gasteiger charge is -2.13. The molecule has 0 aliphatic heterocycles. The molecule has 20 heavy (non-hydrogen) atoms. The third-order valence-electron chi connectivity index (χ3n) is 3.19. The molecule has 2 nitrogen and oxygen atoms in total. The summed E-state index contributed by atoms with van der Waals surface area (Å²) in [6, 6.07) is 8.81. The maximum atomic E-state index is 13.2. The fourth-order valence-corrected chi connectivity index (χ4v) is 2.14. The Hall–Kier alpha value is -1.74. The van der Waals surface area contributed by atoms with Crippen LogP contribution in [0, 0.1) is 19.7 Å². The van der Waals surface area contributed by atoms with Crippen LogP contribution in [0.2, 0.25) is 5.02 Å². The lowest BCUT2D eigenvalue weighted by Crippen LogP contribution is -2.02. The molecule has 0 saturated heterocycles. The standard InChI is InChI=1S/C16H17ClFNO/c1-10-7-15(16(20-3)8-13(10)17)19-9-12-4-5-14(18)11(2)6-12/h4-8,19H,9H2,1-3H3. The number of hydrogen-bond donors (Lipinski definition) is 1. The second kappa shape index (κ2) is 6.14. The van der Waals surface area contributed by atoms with Gasteiger partial charge in [0.15, 0.2) is 0 Å². The Balaban J connectivity index is 2.18. The summed E-state index contributed by atoms with van der Waals surface area (Å²) in [7, 11) is 1.61. The highest BCUT2D eigenvalue weighted by Gasteiger charge is 2.07. The van der Waals surface area contributed by atoms with Crippen molar-refractivity contribution in [3.05, 3.63) is 57.9 Å². The molecule has 0 radical (unpaired) electrons. The monoisotopic (exact) mass is 293 g/mol. The number of hydrogen-bond acceptors (Lipinski definition) is 2. The number of methoxy groups -OCH3 is 1. The van der Waals surface area contributed by atoms with E-state index in [0.29, 0.717) is 22.9 Å². The van der Waals surface area contributed by atoms with E-state index in [1.165, 1.54) is 6.07 Å². The van der Waals surface area contributed by atoms with Crippen molar-refractivity contribution in [2.75, 3.05) is 12.4 Å². The molecule has 2 rings (SSSR count). The Morgan fingerprint density at radius 2 is 1.90 bits per heavy atom. The second-order valence-electron chi connectivity index (χ2n) is 4.74. The van der Waals surface area contributed by atoms with Crippen molar-refractivity contribution in [1.29, 1.82) is 0 Å². The number of benzene rings is 2. The molecule has 0 spiro atoms. The molecule has 1 N–H and O–H groups in total. The summed E-state index contributed by atoms with van der Waals surface area (Å²) >= 11 is 6.07. The molecular weight excluding hydrogens is 277 g/mol. The minimum absolute atomic E-state index is 0.186. The molecule has 2 aromatic rings. The molecule has 0 saturated carbocycles. The van der Waals surface area contributed by atoms with Crippen molar-refractivity contribution in [3.63, 3.8) is 0 Å². The maximum Gasteiger partial charge on any atom is 0.143 e. The van der Waals surface area contributed by atoms with E-state index in [-0.39, 0.29) is 5.82 Å². The molecule has 4 heteroatoms. The van der Waals surface area contributed by atoms with Crippen LogP contribution >= 0.6 is 11.6 Å². The van der Waals surface area contributed by atoms with E-state index >= 15 is 0 Å². The molecule has 0 aliphatic rings. The van der Waals surface area contributed by atoms with Crippen molar-refractivity contribution in [2.24, 2.45) is 0 Å². The third kappa shape index (κ3) is 3.23. The van der Waals surface area contributed by atoms with Gasteiger partial charge in [0.05, 0.1) is 12.8 Å². The second-order valence-corrected chi connectivity index (χ2v) is 5.15. The first-order valence-electron chi connectivity index (χ1n) is 6.34. The summed E-state index contributed by atoms with van der Waals surface area (Å²) in [5.74, 6) is 0.508. The van der Waals surface area contributed by atoms with Gasteiger partial charge in [-0.2, -0.15) is 0 Å². The van der Waals surface area contributed by atoms with E-state index in [1.807, 2.05) is 19.1 Å². The van der Waals surface area contributed by atoms with E-state index in [0.717, 1.165) is 16.8 Å². The van der Waals surface area contributed by atoms with Crippen LogP contribution in [0.3, 0.4) is 0 Å². The van der Waals surface area contributed by atoms with Gasteiger partial charge >= 0.3 is 0 Å². The zero-order chi connectivity index (χ0) is 14.7. The van der Waals surface area contributed by atoms with Gasteiger partial charge in [0.1, 0.15) is 11.6 Å². The Morgan fingerprint density at radius 3 is 2.55 bits per heavy atom. The minimum atomic E-state index is -0.186. The van der Waals surface area contributed by atoms with Crippen LogP contribution in [0.1, 0.15) is 16.7 Å². The zero-order valence-corrected chi connectivity index (χ0v) is 12.5. The van der Waals surface area contributed by atoms with Crippen LogP contribution in [0.4, 0.5) is 10.1 Å². The summed E-state index contributed by atoms with van der Waals surface area (Å²) in [4.78, 5) is 0. The molecule has 0 unspecified atom stereocenters. The highest BCUT2D eigenvalue weighted by Crippen LogP contribution is 2.31. The van der Waals surface area contributed by atoms with Gasteiger partial charge in [0, 0.05) is 17.6 Å². The normalized spacial score (nSPS) is 10.4. The molecule has 0 bridgehead atoms. The van der Waals surface area contributed by atoms with Gasteiger partial charge in [-0.1, -0.05) is 23.7 Å². The molecule has 0 amide bonds. The van der Waals surface area contributed by atoms with Crippen LogP contribution in [0.5, 0.6) is 5.75 Å². The van der Waals surface area contributed by atoms with Crippen LogP contribution in [0.25, 0.3) is 0 Å². The smallest absolute Gasteiger partial charge is 0.143 e. The molecule has 2 aromatic carbocycles. The van der Waals surface area contributed by atoms with Crippen LogP contribution in [0.15, 0.2) is 30.3 Å². The first-order chi connectivity index (χ1) is 9.51. The van der Waals surface area contributed by atoms with Gasteiger partial charge < -0.3 is 10.1 Å². The molecule has 0 heterocycles. The Labute approximate surface area is 123 Å². The van der Waals surface area contributed by atoms with E-state index < -0.39 is 0 Å². The zero-order valence-electron chi connectivity index (χ0n) is 11.8. The summed E-state index contributed by atoms with van der Waals surface area (Å²) in [6.45, 7) is 4.29. The molecule has 0 aromatic heterocycles. The van der Waals surface area contributed by atoms with E-state index in [9.17, 15) is 4.39 Å². The summed E-state index contributed by atoms with van der Waals surface area (Å²) in [6.07, 6.45) is 0. The molecule has 106 valence electrons. The lowest BCUT2D eigenvalue weighted by molar-refractivity contribution is 0.416. The number of nitrogens with one attached hydrogen (secondary N) is 1. The average Bonchev–Trinajstić information content (AvgIpc) is 2.43. The fraction of sp³-hybridized carbons (Fsp3) is 0.250. The summed E-state index contributed by atoms with van der Waals surface area (Å²) in [5.41, 5.74) is 3.50. The fourth-order valence-electron chi connectivity index (χ4n) is 1.98. The largest absolute Gasteiger partial charge is 0.495 e. The number of anilines is 1. The van der Waals surface area contributed by atoms with Crippen molar-refractivity contribution < 1.29 is 9.13 Å². The third-order valence-corrected chi connectivity index (χ3v) is 3.59. The highest BCUT2D eigenvalue weighted by atomic mass is 35.5. The molecule has 0 fully saturated rings. The Morgan fingerprint density at radius 1 is 1.15 bits per heavy atom. The molecular formula is C16H17ClFNO. The number of ether oxygens (including phenoxy) is 1. The maximum absolute atomic E-state index is 13.2. The van der Waals surface area contributed by atoms with Gasteiger partial charge in [0.2, 0.25) is 0 Å². The number of halogens is 2. The lowest BCUT2D eigenvalue weighted by atomic mass is 10.1. The Bertz CT molecular complexity index is 628. The first-order valence-corrected chi connectivity index (χ1v) is 6.72. The highest BCUT2D eigenvalue weighted by molar-refractivity contribution is 6.31. The quantitative estimate of drug-likeness (QED) is 0.881. The van der Waals surface area contributed by atoms with E-state index in [1.54, 1.807) is 26.2 Å². The first kappa shape index (κ1) is 14.7. The molecule has 0 aliphatic carbocycles. The Kier molecular flexibility index (Phi) is 4.50. The van der Waals surface area contributed by atoms with Gasteiger partial charge in [-0.05, 0) is 42.7 Å². The van der Waals surface area contributed by atoms with Crippen LogP contribution < -0.4 is 10.1 Å². The predicted molar refractivity (Wildman–Crippen MR) is 81.2 cm³/mol. The van der Waals surface area contributed by atoms with Crippen molar-refractivity contribution >= 4 is 17.3 Å². The summed E-state index contributed by atoms with van der Waals surface area (Å²) < 4.78 is 18.5. The van der Waals surface area contributed by atoms with Crippen LogP contribution in [-0.2, 0) is 6.54 Å². The number of aryl methyl sites for hydroxylation is 2. The average molecular weight is 294 g/mol. The number of rotatable bonds is 4.